The van der Waals surface area contributed by atoms with Gasteiger partial charge in [0.1, 0.15) is 5.69 Å². The Balaban J connectivity index is 1.76. The number of hydrogen-bond donors (Lipinski definition) is 0. The van der Waals surface area contributed by atoms with Gasteiger partial charge in [0.15, 0.2) is 0 Å². The van der Waals surface area contributed by atoms with Crippen LogP contribution in [0.2, 0.25) is 0 Å². The molecule has 5 aromatic rings. The molecule has 0 radical (unpaired) electrons. The molecule has 0 fully saturated rings. The van der Waals surface area contributed by atoms with Crippen LogP contribution in [0.3, 0.4) is 0 Å². The Labute approximate surface area is 169 Å². The molecule has 0 bridgehead atoms. The lowest BCUT2D eigenvalue weighted by Crippen LogP contribution is -2.05. The summed E-state index contributed by atoms with van der Waals surface area (Å²) in [6.45, 7) is 2.08. The minimum absolute atomic E-state index is 0.0601. The van der Waals surface area contributed by atoms with Crippen LogP contribution in [-0.4, -0.2) is 10.8 Å². The number of ketones is 1. The first kappa shape index (κ1) is 17.3. The van der Waals surface area contributed by atoms with E-state index in [1.807, 2.05) is 60.7 Å². The van der Waals surface area contributed by atoms with Crippen LogP contribution >= 0.6 is 0 Å². The van der Waals surface area contributed by atoms with Crippen LogP contribution in [0.25, 0.3) is 32.8 Å². The van der Waals surface area contributed by atoms with Crippen molar-refractivity contribution in [1.29, 1.82) is 0 Å². The minimum Gasteiger partial charge on any atom is -0.287 e. The van der Waals surface area contributed by atoms with Crippen molar-refractivity contribution in [2.45, 2.75) is 6.92 Å². The van der Waals surface area contributed by atoms with Gasteiger partial charge >= 0.3 is 0 Å². The molecule has 5 rings (SSSR count). The number of benzene rings is 4. The van der Waals surface area contributed by atoms with Crippen LogP contribution in [0.5, 0.6) is 0 Å². The second-order valence-corrected chi connectivity index (χ2v) is 7.33. The monoisotopic (exact) mass is 373 g/mol. The van der Waals surface area contributed by atoms with E-state index in [4.69, 9.17) is 4.98 Å². The molecule has 138 valence electrons. The first-order valence-corrected chi connectivity index (χ1v) is 9.69. The van der Waals surface area contributed by atoms with Crippen molar-refractivity contribution in [2.24, 2.45) is 0 Å². The molecular weight excluding hydrogens is 354 g/mol. The third-order valence-electron chi connectivity index (χ3n) is 5.29. The molecule has 0 atom stereocenters. The highest BCUT2D eigenvalue weighted by Gasteiger charge is 2.15. The van der Waals surface area contributed by atoms with E-state index in [0.717, 1.165) is 22.0 Å². The van der Waals surface area contributed by atoms with E-state index in [9.17, 15) is 4.79 Å². The molecule has 0 aliphatic carbocycles. The van der Waals surface area contributed by atoms with Crippen LogP contribution in [-0.2, 0) is 0 Å². The SMILES string of the molecule is Cc1ccc2nc(C(=O)c3ccccc3)cc(-c3ccc4ccccc4c3)c2c1. The van der Waals surface area contributed by atoms with Crippen LogP contribution in [0.15, 0.2) is 97.1 Å². The van der Waals surface area contributed by atoms with Crippen molar-refractivity contribution in [3.63, 3.8) is 0 Å². The lowest BCUT2D eigenvalue weighted by molar-refractivity contribution is 0.103. The topological polar surface area (TPSA) is 30.0 Å². The number of carbonyl (C=O) groups excluding carboxylic acids is 1. The van der Waals surface area contributed by atoms with Crippen LogP contribution in [0.1, 0.15) is 21.6 Å². The summed E-state index contributed by atoms with van der Waals surface area (Å²) in [5.74, 6) is -0.0601. The average molecular weight is 373 g/mol. The summed E-state index contributed by atoms with van der Waals surface area (Å²) in [6.07, 6.45) is 0. The summed E-state index contributed by atoms with van der Waals surface area (Å²) in [4.78, 5) is 17.8. The van der Waals surface area contributed by atoms with Crippen molar-refractivity contribution in [3.8, 4) is 11.1 Å². The van der Waals surface area contributed by atoms with Gasteiger partial charge in [-0.3, -0.25) is 4.79 Å². The fourth-order valence-electron chi connectivity index (χ4n) is 3.79. The van der Waals surface area contributed by atoms with Gasteiger partial charge in [0.05, 0.1) is 5.52 Å². The first-order valence-electron chi connectivity index (χ1n) is 9.69. The van der Waals surface area contributed by atoms with Crippen molar-refractivity contribution in [3.05, 3.63) is 114 Å². The Morgan fingerprint density at radius 2 is 1.48 bits per heavy atom. The van der Waals surface area contributed by atoms with Crippen molar-refractivity contribution in [1.82, 2.24) is 4.98 Å². The molecule has 29 heavy (non-hydrogen) atoms. The molecule has 1 heterocycles. The number of aryl methyl sites for hydroxylation is 1. The number of pyridine rings is 1. The predicted octanol–water partition coefficient (Wildman–Crippen LogP) is 6.59. The molecule has 4 aromatic carbocycles. The van der Waals surface area contributed by atoms with E-state index < -0.39 is 0 Å². The second kappa shape index (κ2) is 6.99. The lowest BCUT2D eigenvalue weighted by atomic mass is 9.95. The highest BCUT2D eigenvalue weighted by atomic mass is 16.1. The van der Waals surface area contributed by atoms with E-state index >= 15 is 0 Å². The van der Waals surface area contributed by atoms with E-state index in [1.165, 1.54) is 16.3 Å². The largest absolute Gasteiger partial charge is 0.287 e. The van der Waals surface area contributed by atoms with E-state index in [-0.39, 0.29) is 5.78 Å². The molecule has 0 saturated carbocycles. The third-order valence-corrected chi connectivity index (χ3v) is 5.29. The fraction of sp³-hybridized carbons (Fsp3) is 0.0370. The van der Waals surface area contributed by atoms with Crippen LogP contribution in [0, 0.1) is 6.92 Å². The summed E-state index contributed by atoms with van der Waals surface area (Å²) >= 11 is 0. The zero-order chi connectivity index (χ0) is 19.8. The maximum absolute atomic E-state index is 13.1. The van der Waals surface area contributed by atoms with Gasteiger partial charge in [0.25, 0.3) is 0 Å². The summed E-state index contributed by atoms with van der Waals surface area (Å²) in [5, 5.41) is 3.44. The zero-order valence-electron chi connectivity index (χ0n) is 16.1. The number of nitrogens with zero attached hydrogens (tertiary/aromatic N) is 1. The van der Waals surface area contributed by atoms with Crippen LogP contribution in [0.4, 0.5) is 0 Å². The molecular formula is C27H19NO. The molecule has 1 aromatic heterocycles. The summed E-state index contributed by atoms with van der Waals surface area (Å²) in [7, 11) is 0. The van der Waals surface area contributed by atoms with Gasteiger partial charge in [-0.1, -0.05) is 78.4 Å². The minimum atomic E-state index is -0.0601. The molecule has 0 N–H and O–H groups in total. The number of carbonyl (C=O) groups is 1. The van der Waals surface area contributed by atoms with Gasteiger partial charge in [-0.25, -0.2) is 4.98 Å². The molecule has 0 unspecified atom stereocenters. The Bertz CT molecular complexity index is 1370. The lowest BCUT2D eigenvalue weighted by Gasteiger charge is -2.11. The summed E-state index contributed by atoms with van der Waals surface area (Å²) in [5.41, 5.74) is 5.24. The van der Waals surface area contributed by atoms with E-state index in [2.05, 4.69) is 43.3 Å². The Hall–Kier alpha value is -3.78. The Kier molecular flexibility index (Phi) is 4.18. The molecule has 0 aliphatic rings. The first-order chi connectivity index (χ1) is 14.2. The van der Waals surface area contributed by atoms with Gasteiger partial charge in [0, 0.05) is 10.9 Å². The second-order valence-electron chi connectivity index (χ2n) is 7.33. The van der Waals surface area contributed by atoms with Crippen molar-refractivity contribution < 1.29 is 4.79 Å². The Morgan fingerprint density at radius 3 is 2.31 bits per heavy atom. The zero-order valence-corrected chi connectivity index (χ0v) is 16.1. The van der Waals surface area contributed by atoms with Gasteiger partial charge in [-0.15, -0.1) is 0 Å². The van der Waals surface area contributed by atoms with Crippen LogP contribution < -0.4 is 0 Å². The van der Waals surface area contributed by atoms with Crippen molar-refractivity contribution in [2.75, 3.05) is 0 Å². The number of rotatable bonds is 3. The molecule has 2 nitrogen and oxygen atoms in total. The van der Waals surface area contributed by atoms with Gasteiger partial charge in [-0.2, -0.15) is 0 Å². The maximum atomic E-state index is 13.1. The van der Waals surface area contributed by atoms with E-state index in [1.54, 1.807) is 0 Å². The number of fused-ring (bicyclic) bond motifs is 2. The predicted molar refractivity (Wildman–Crippen MR) is 119 cm³/mol. The van der Waals surface area contributed by atoms with Gasteiger partial charge in [-0.05, 0) is 53.1 Å². The fourth-order valence-corrected chi connectivity index (χ4v) is 3.79. The quantitative estimate of drug-likeness (QED) is 0.334. The third kappa shape index (κ3) is 3.19. The van der Waals surface area contributed by atoms with Gasteiger partial charge in [0.2, 0.25) is 5.78 Å². The van der Waals surface area contributed by atoms with Crippen molar-refractivity contribution >= 4 is 27.5 Å². The normalized spacial score (nSPS) is 11.1. The molecule has 2 heteroatoms. The molecule has 0 saturated heterocycles. The number of hydrogen-bond acceptors (Lipinski definition) is 2. The highest BCUT2D eigenvalue weighted by molar-refractivity contribution is 6.10. The number of aromatic nitrogens is 1. The summed E-state index contributed by atoms with van der Waals surface area (Å²) < 4.78 is 0. The smallest absolute Gasteiger partial charge is 0.211 e. The average Bonchev–Trinajstić information content (AvgIpc) is 2.78. The highest BCUT2D eigenvalue weighted by Crippen LogP contribution is 2.32. The van der Waals surface area contributed by atoms with E-state index in [0.29, 0.717) is 11.3 Å². The molecule has 0 amide bonds. The van der Waals surface area contributed by atoms with Gasteiger partial charge < -0.3 is 0 Å². The molecule has 0 aliphatic heterocycles. The molecule has 0 spiro atoms. The Morgan fingerprint density at radius 1 is 0.724 bits per heavy atom. The summed E-state index contributed by atoms with van der Waals surface area (Å²) in [6, 6.07) is 32.2. The maximum Gasteiger partial charge on any atom is 0.211 e. The standard InChI is InChI=1S/C27H19NO/c1-18-11-14-25-24(15-18)23(22-13-12-19-7-5-6-10-21(19)16-22)17-26(28-25)27(29)20-8-3-2-4-9-20/h2-17H,1H3.